The second-order valence-electron chi connectivity index (χ2n) is 5.63. The Labute approximate surface area is 119 Å². The molecule has 2 N–H and O–H groups in total. The van der Waals surface area contributed by atoms with E-state index in [0.717, 1.165) is 6.54 Å². The maximum atomic E-state index is 12.1. The summed E-state index contributed by atoms with van der Waals surface area (Å²) in [4.78, 5) is 2.90. The van der Waals surface area contributed by atoms with Gasteiger partial charge in [-0.05, 0) is 25.6 Å². The molecule has 0 bridgehead atoms. The number of hydrogen-bond donors (Lipinski definition) is 2. The van der Waals surface area contributed by atoms with Crippen LogP contribution in [0.15, 0.2) is 16.3 Å². The predicted octanol–water partition coefficient (Wildman–Crippen LogP) is 1.11. The topological polar surface area (TPSA) is 69.6 Å². The van der Waals surface area contributed by atoms with Crippen molar-refractivity contribution in [1.29, 1.82) is 0 Å². The molecule has 1 aromatic rings. The average Bonchev–Trinajstić information content (AvgIpc) is 2.74. The second-order valence-corrected chi connectivity index (χ2v) is 8.40. The lowest BCUT2D eigenvalue weighted by molar-refractivity contribution is 0.242. The molecule has 0 saturated carbocycles. The van der Waals surface area contributed by atoms with Gasteiger partial charge in [0.05, 0.1) is 11.5 Å². The Morgan fingerprint density at radius 2 is 2.05 bits per heavy atom. The van der Waals surface area contributed by atoms with E-state index in [4.69, 9.17) is 5.11 Å². The van der Waals surface area contributed by atoms with Crippen LogP contribution in [0.5, 0.6) is 0 Å². The number of rotatable bonds is 7. The summed E-state index contributed by atoms with van der Waals surface area (Å²) < 4.78 is 26.8. The first-order valence-corrected chi connectivity index (χ1v) is 8.35. The molecule has 19 heavy (non-hydrogen) atoms. The molecule has 0 unspecified atom stereocenters. The minimum Gasteiger partial charge on any atom is -0.391 e. The van der Waals surface area contributed by atoms with Gasteiger partial charge in [-0.2, -0.15) is 0 Å². The fraction of sp³-hybridized carbons (Fsp3) is 0.667. The van der Waals surface area contributed by atoms with Crippen molar-refractivity contribution in [1.82, 2.24) is 9.62 Å². The number of aliphatic hydroxyl groups excluding tert-OH is 1. The SMILES string of the molecule is CN(C)CC(C)(C)CNS(=O)(=O)c1csc(CO)c1. The molecule has 0 fully saturated rings. The summed E-state index contributed by atoms with van der Waals surface area (Å²) in [5, 5.41) is 10.5. The van der Waals surface area contributed by atoms with Gasteiger partial charge in [-0.3, -0.25) is 0 Å². The van der Waals surface area contributed by atoms with Crippen molar-refractivity contribution in [2.75, 3.05) is 27.2 Å². The van der Waals surface area contributed by atoms with Crippen LogP contribution in [0, 0.1) is 5.41 Å². The monoisotopic (exact) mass is 306 g/mol. The molecule has 110 valence electrons. The summed E-state index contributed by atoms with van der Waals surface area (Å²) in [5.41, 5.74) is -0.146. The van der Waals surface area contributed by atoms with Gasteiger partial charge >= 0.3 is 0 Å². The third-order valence-corrected chi connectivity index (χ3v) is 5.03. The van der Waals surface area contributed by atoms with E-state index in [1.54, 1.807) is 5.38 Å². The van der Waals surface area contributed by atoms with Gasteiger partial charge < -0.3 is 10.0 Å². The van der Waals surface area contributed by atoms with Crippen molar-refractivity contribution in [2.24, 2.45) is 5.41 Å². The highest BCUT2D eigenvalue weighted by molar-refractivity contribution is 7.89. The summed E-state index contributed by atoms with van der Waals surface area (Å²) >= 11 is 1.24. The van der Waals surface area contributed by atoms with E-state index in [0.29, 0.717) is 11.4 Å². The molecule has 5 nitrogen and oxygen atoms in total. The molecule has 0 amide bonds. The molecule has 1 aromatic heterocycles. The molecule has 0 radical (unpaired) electrons. The van der Waals surface area contributed by atoms with Gasteiger partial charge in [0.2, 0.25) is 10.0 Å². The Bertz CT molecular complexity index is 507. The number of thiophene rings is 1. The normalized spacial score (nSPS) is 13.2. The fourth-order valence-electron chi connectivity index (χ4n) is 1.87. The van der Waals surface area contributed by atoms with Crippen molar-refractivity contribution in [3.63, 3.8) is 0 Å². The molecular weight excluding hydrogens is 284 g/mol. The van der Waals surface area contributed by atoms with Gasteiger partial charge in [-0.1, -0.05) is 13.8 Å². The van der Waals surface area contributed by atoms with Gasteiger partial charge in [-0.25, -0.2) is 13.1 Å². The average molecular weight is 306 g/mol. The smallest absolute Gasteiger partial charge is 0.241 e. The third kappa shape index (κ3) is 5.19. The molecule has 7 heteroatoms. The number of aliphatic hydroxyl groups is 1. The molecule has 0 atom stereocenters. The molecule has 0 saturated heterocycles. The van der Waals surface area contributed by atoms with E-state index < -0.39 is 10.0 Å². The zero-order chi connectivity index (χ0) is 14.7. The van der Waals surface area contributed by atoms with Crippen LogP contribution in [-0.4, -0.2) is 45.6 Å². The van der Waals surface area contributed by atoms with Crippen LogP contribution in [0.3, 0.4) is 0 Å². The van der Waals surface area contributed by atoms with Crippen molar-refractivity contribution in [3.05, 3.63) is 16.3 Å². The minimum absolute atomic E-state index is 0.133. The first-order chi connectivity index (χ1) is 8.66. The quantitative estimate of drug-likeness (QED) is 0.792. The Kier molecular flexibility index (Phi) is 5.52. The van der Waals surface area contributed by atoms with Gasteiger partial charge in [0, 0.05) is 23.3 Å². The Hall–Kier alpha value is -0.470. The third-order valence-electron chi connectivity index (χ3n) is 2.58. The van der Waals surface area contributed by atoms with Crippen LogP contribution >= 0.6 is 11.3 Å². The molecule has 0 aliphatic carbocycles. The summed E-state index contributed by atoms with van der Waals surface area (Å²) in [6.07, 6.45) is 0. The van der Waals surface area contributed by atoms with E-state index in [1.165, 1.54) is 17.4 Å². The van der Waals surface area contributed by atoms with Crippen LogP contribution in [0.25, 0.3) is 0 Å². The number of sulfonamides is 1. The summed E-state index contributed by atoms with van der Waals surface area (Å²) in [6.45, 7) is 5.07. The molecule has 0 spiro atoms. The highest BCUT2D eigenvalue weighted by atomic mass is 32.2. The van der Waals surface area contributed by atoms with Crippen molar-refractivity contribution in [3.8, 4) is 0 Å². The van der Waals surface area contributed by atoms with Gasteiger partial charge in [-0.15, -0.1) is 11.3 Å². The Morgan fingerprint density at radius 3 is 2.53 bits per heavy atom. The summed E-state index contributed by atoms with van der Waals surface area (Å²) in [6, 6.07) is 1.51. The maximum absolute atomic E-state index is 12.1. The van der Waals surface area contributed by atoms with Crippen LogP contribution in [0.1, 0.15) is 18.7 Å². The molecule has 0 aromatic carbocycles. The number of nitrogens with zero attached hydrogens (tertiary/aromatic N) is 1. The van der Waals surface area contributed by atoms with Crippen molar-refractivity contribution in [2.45, 2.75) is 25.3 Å². The molecule has 0 aliphatic rings. The standard InChI is InChI=1S/C12H22N2O3S2/c1-12(2,9-14(3)4)8-13-19(16,17)11-5-10(6-15)18-7-11/h5,7,13,15H,6,8-9H2,1-4H3. The highest BCUT2D eigenvalue weighted by Gasteiger charge is 2.23. The maximum Gasteiger partial charge on any atom is 0.241 e. The van der Waals surface area contributed by atoms with Crippen LogP contribution in [0.4, 0.5) is 0 Å². The number of hydrogen-bond acceptors (Lipinski definition) is 5. The van der Waals surface area contributed by atoms with E-state index in [1.807, 2.05) is 32.8 Å². The van der Waals surface area contributed by atoms with Crippen molar-refractivity contribution >= 4 is 21.4 Å². The minimum atomic E-state index is -3.49. The Balaban J connectivity index is 2.70. The van der Waals surface area contributed by atoms with Gasteiger partial charge in [0.15, 0.2) is 0 Å². The molecule has 1 rings (SSSR count). The second kappa shape index (κ2) is 6.32. The van der Waals surface area contributed by atoms with Crippen LogP contribution < -0.4 is 4.72 Å². The summed E-state index contributed by atoms with van der Waals surface area (Å²) in [7, 11) is 0.434. The zero-order valence-corrected chi connectivity index (χ0v) is 13.4. The van der Waals surface area contributed by atoms with E-state index in [2.05, 4.69) is 4.72 Å². The van der Waals surface area contributed by atoms with Gasteiger partial charge in [0.25, 0.3) is 0 Å². The Morgan fingerprint density at radius 1 is 1.42 bits per heavy atom. The van der Waals surface area contributed by atoms with Crippen LogP contribution in [-0.2, 0) is 16.6 Å². The molecule has 1 heterocycles. The fourth-order valence-corrected chi connectivity index (χ4v) is 4.25. The van der Waals surface area contributed by atoms with E-state index in [-0.39, 0.29) is 16.9 Å². The largest absolute Gasteiger partial charge is 0.391 e. The first-order valence-electron chi connectivity index (χ1n) is 5.99. The van der Waals surface area contributed by atoms with E-state index >= 15 is 0 Å². The van der Waals surface area contributed by atoms with Crippen LogP contribution in [0.2, 0.25) is 0 Å². The predicted molar refractivity (Wildman–Crippen MR) is 77.8 cm³/mol. The number of nitrogens with one attached hydrogen (secondary N) is 1. The molecule has 0 aliphatic heterocycles. The van der Waals surface area contributed by atoms with Crippen molar-refractivity contribution < 1.29 is 13.5 Å². The lowest BCUT2D eigenvalue weighted by Gasteiger charge is -2.28. The first kappa shape index (κ1) is 16.6. The lowest BCUT2D eigenvalue weighted by atomic mass is 9.93. The lowest BCUT2D eigenvalue weighted by Crippen LogP contribution is -2.39. The summed E-state index contributed by atoms with van der Waals surface area (Å²) in [5.74, 6) is 0. The van der Waals surface area contributed by atoms with Gasteiger partial charge in [0.1, 0.15) is 0 Å². The van der Waals surface area contributed by atoms with E-state index in [9.17, 15) is 8.42 Å². The highest BCUT2D eigenvalue weighted by Crippen LogP contribution is 2.20. The zero-order valence-electron chi connectivity index (χ0n) is 11.8. The molecular formula is C12H22N2O3S2.